The Labute approximate surface area is 186 Å². The lowest BCUT2D eigenvalue weighted by Gasteiger charge is -2.08. The molecule has 2 aromatic heterocycles. The molecule has 0 aliphatic heterocycles. The SMILES string of the molecule is Br.Clc1ccc(Cn2c(-c3ccc(Cl)s3)csc2=Nc2ccccc2)cc1. The first-order valence-corrected chi connectivity index (χ1v) is 10.4. The van der Waals surface area contributed by atoms with Crippen molar-refractivity contribution in [3.63, 3.8) is 0 Å². The van der Waals surface area contributed by atoms with Crippen LogP contribution in [0.4, 0.5) is 5.69 Å². The molecule has 0 amide bonds. The molecule has 0 unspecified atom stereocenters. The van der Waals surface area contributed by atoms with Gasteiger partial charge < -0.3 is 4.57 Å². The van der Waals surface area contributed by atoms with E-state index in [0.29, 0.717) is 0 Å². The molecular weight excluding hydrogens is 483 g/mol. The summed E-state index contributed by atoms with van der Waals surface area (Å²) in [4.78, 5) is 6.92. The Kier molecular flexibility index (Phi) is 6.95. The zero-order valence-electron chi connectivity index (χ0n) is 14.0. The van der Waals surface area contributed by atoms with Crippen LogP contribution in [0.15, 0.2) is 77.1 Å². The Hall–Kier alpha value is -1.37. The molecule has 0 bridgehead atoms. The summed E-state index contributed by atoms with van der Waals surface area (Å²) in [6, 6.07) is 21.9. The third-order valence-corrected chi connectivity index (χ3v) is 6.23. The van der Waals surface area contributed by atoms with E-state index in [0.717, 1.165) is 37.0 Å². The highest BCUT2D eigenvalue weighted by atomic mass is 79.9. The molecule has 0 radical (unpaired) electrons. The third-order valence-electron chi connectivity index (χ3n) is 3.86. The van der Waals surface area contributed by atoms with Crippen LogP contribution in [-0.4, -0.2) is 4.57 Å². The molecule has 27 heavy (non-hydrogen) atoms. The topological polar surface area (TPSA) is 17.3 Å². The standard InChI is InChI=1S/C20H14Cl2N2S2.BrH/c21-15-8-6-14(7-9-15)12-24-17(18-10-11-19(22)26-18)13-25-20(24)23-16-4-2-1-3-5-16;/h1-11,13H,12H2;1H. The third kappa shape index (κ3) is 4.92. The van der Waals surface area contributed by atoms with Gasteiger partial charge in [-0.05, 0) is 42.0 Å². The van der Waals surface area contributed by atoms with Crippen LogP contribution in [0, 0.1) is 0 Å². The summed E-state index contributed by atoms with van der Waals surface area (Å²) in [7, 11) is 0. The summed E-state index contributed by atoms with van der Waals surface area (Å²) >= 11 is 15.4. The predicted octanol–water partition coefficient (Wildman–Crippen LogP) is 7.44. The van der Waals surface area contributed by atoms with Crippen LogP contribution in [0.2, 0.25) is 9.36 Å². The van der Waals surface area contributed by atoms with Crippen molar-refractivity contribution in [2.24, 2.45) is 4.99 Å². The van der Waals surface area contributed by atoms with E-state index in [2.05, 4.69) is 16.0 Å². The fourth-order valence-electron chi connectivity index (χ4n) is 2.61. The van der Waals surface area contributed by atoms with E-state index in [1.807, 2.05) is 60.7 Å². The summed E-state index contributed by atoms with van der Waals surface area (Å²) in [5, 5.41) is 2.88. The summed E-state index contributed by atoms with van der Waals surface area (Å²) in [6.45, 7) is 0.719. The largest absolute Gasteiger partial charge is 0.311 e. The fourth-order valence-corrected chi connectivity index (χ4v) is 4.80. The normalized spacial score (nSPS) is 11.4. The molecule has 0 fully saturated rings. The zero-order chi connectivity index (χ0) is 17.9. The van der Waals surface area contributed by atoms with Gasteiger partial charge in [0.25, 0.3) is 0 Å². The van der Waals surface area contributed by atoms with Crippen LogP contribution < -0.4 is 4.80 Å². The van der Waals surface area contributed by atoms with Gasteiger partial charge in [-0.1, -0.05) is 53.5 Å². The Morgan fingerprint density at radius 3 is 2.30 bits per heavy atom. The van der Waals surface area contributed by atoms with Crippen LogP contribution >= 0.6 is 62.9 Å². The van der Waals surface area contributed by atoms with Gasteiger partial charge in [-0.25, -0.2) is 4.99 Å². The van der Waals surface area contributed by atoms with Crippen LogP contribution in [0.1, 0.15) is 5.56 Å². The number of hydrogen-bond acceptors (Lipinski definition) is 3. The van der Waals surface area contributed by atoms with Crippen molar-refractivity contribution in [2.75, 3.05) is 0 Å². The summed E-state index contributed by atoms with van der Waals surface area (Å²) < 4.78 is 3.01. The van der Waals surface area contributed by atoms with Gasteiger partial charge in [0.15, 0.2) is 4.80 Å². The number of para-hydroxylation sites is 1. The molecule has 0 saturated carbocycles. The van der Waals surface area contributed by atoms with E-state index in [4.69, 9.17) is 28.2 Å². The quantitative estimate of drug-likeness (QED) is 0.278. The molecular formula is C20H15BrCl2N2S2. The lowest BCUT2D eigenvalue weighted by atomic mass is 10.2. The first-order chi connectivity index (χ1) is 12.7. The van der Waals surface area contributed by atoms with E-state index in [1.54, 1.807) is 22.7 Å². The average Bonchev–Trinajstić information content (AvgIpc) is 3.24. The summed E-state index contributed by atoms with van der Waals surface area (Å²) in [5.41, 5.74) is 3.23. The van der Waals surface area contributed by atoms with Gasteiger partial charge in [-0.15, -0.1) is 39.7 Å². The van der Waals surface area contributed by atoms with Crippen molar-refractivity contribution in [1.82, 2.24) is 4.57 Å². The van der Waals surface area contributed by atoms with Gasteiger partial charge in [0.2, 0.25) is 0 Å². The van der Waals surface area contributed by atoms with Crippen LogP contribution in [-0.2, 0) is 6.54 Å². The van der Waals surface area contributed by atoms with Crippen LogP contribution in [0.3, 0.4) is 0 Å². The molecule has 0 N–H and O–H groups in total. The molecule has 2 heterocycles. The molecule has 0 atom stereocenters. The van der Waals surface area contributed by atoms with E-state index in [-0.39, 0.29) is 17.0 Å². The highest BCUT2D eigenvalue weighted by Gasteiger charge is 2.11. The van der Waals surface area contributed by atoms with Gasteiger partial charge in [0.1, 0.15) is 0 Å². The fraction of sp³-hybridized carbons (Fsp3) is 0.0500. The minimum atomic E-state index is 0. The Morgan fingerprint density at radius 1 is 0.889 bits per heavy atom. The van der Waals surface area contributed by atoms with Gasteiger partial charge in [-0.3, -0.25) is 0 Å². The van der Waals surface area contributed by atoms with E-state index < -0.39 is 0 Å². The number of aromatic nitrogens is 1. The van der Waals surface area contributed by atoms with Gasteiger partial charge in [0.05, 0.1) is 27.1 Å². The molecule has 2 aromatic carbocycles. The average molecular weight is 498 g/mol. The van der Waals surface area contributed by atoms with Gasteiger partial charge >= 0.3 is 0 Å². The number of nitrogens with zero attached hydrogens (tertiary/aromatic N) is 2. The second-order valence-corrected chi connectivity index (χ2v) is 8.66. The maximum atomic E-state index is 6.15. The van der Waals surface area contributed by atoms with Gasteiger partial charge in [-0.2, -0.15) is 0 Å². The summed E-state index contributed by atoms with van der Waals surface area (Å²) in [6.07, 6.45) is 0. The molecule has 7 heteroatoms. The Morgan fingerprint density at radius 2 is 1.63 bits per heavy atom. The number of hydrogen-bond donors (Lipinski definition) is 0. The van der Waals surface area contributed by atoms with Crippen LogP contribution in [0.5, 0.6) is 0 Å². The van der Waals surface area contributed by atoms with E-state index in [9.17, 15) is 0 Å². The number of thiophene rings is 1. The molecule has 138 valence electrons. The highest BCUT2D eigenvalue weighted by Crippen LogP contribution is 2.31. The number of thiazole rings is 1. The van der Waals surface area contributed by atoms with Crippen molar-refractivity contribution >= 4 is 68.5 Å². The predicted molar refractivity (Wildman–Crippen MR) is 123 cm³/mol. The van der Waals surface area contributed by atoms with Crippen molar-refractivity contribution in [1.29, 1.82) is 0 Å². The van der Waals surface area contributed by atoms with Crippen LogP contribution in [0.25, 0.3) is 10.6 Å². The number of halogens is 3. The lowest BCUT2D eigenvalue weighted by Crippen LogP contribution is -2.16. The molecule has 4 aromatic rings. The second kappa shape index (κ2) is 9.22. The van der Waals surface area contributed by atoms with Crippen molar-refractivity contribution < 1.29 is 0 Å². The lowest BCUT2D eigenvalue weighted by molar-refractivity contribution is 0.779. The molecule has 0 aliphatic rings. The first-order valence-electron chi connectivity index (χ1n) is 7.97. The Bertz CT molecular complexity index is 1080. The molecule has 0 spiro atoms. The van der Waals surface area contributed by atoms with E-state index in [1.165, 1.54) is 5.56 Å². The maximum Gasteiger partial charge on any atom is 0.190 e. The maximum absolute atomic E-state index is 6.15. The first kappa shape index (κ1) is 20.4. The molecule has 2 nitrogen and oxygen atoms in total. The van der Waals surface area contributed by atoms with E-state index >= 15 is 0 Å². The minimum absolute atomic E-state index is 0. The minimum Gasteiger partial charge on any atom is -0.311 e. The van der Waals surface area contributed by atoms with Crippen molar-refractivity contribution in [3.8, 4) is 10.6 Å². The Balaban J connectivity index is 0.00000210. The zero-order valence-corrected chi connectivity index (χ0v) is 18.9. The van der Waals surface area contributed by atoms with Crippen molar-refractivity contribution in [3.05, 3.63) is 91.8 Å². The van der Waals surface area contributed by atoms with Gasteiger partial charge in [0, 0.05) is 10.4 Å². The van der Waals surface area contributed by atoms with Crippen molar-refractivity contribution in [2.45, 2.75) is 6.54 Å². The molecule has 0 saturated heterocycles. The molecule has 0 aliphatic carbocycles. The summed E-state index contributed by atoms with van der Waals surface area (Å²) in [5.74, 6) is 0. The molecule has 4 rings (SSSR count). The smallest absolute Gasteiger partial charge is 0.190 e. The number of rotatable bonds is 4. The second-order valence-electron chi connectivity index (χ2n) is 5.67. The number of benzene rings is 2. The monoisotopic (exact) mass is 496 g/mol. The highest BCUT2D eigenvalue weighted by molar-refractivity contribution is 8.93.